The van der Waals surface area contributed by atoms with Crippen LogP contribution in [0, 0.1) is 0 Å². The number of carbonyl (C=O) groups excluding carboxylic acids is 7. The Morgan fingerprint density at radius 1 is 0.689 bits per heavy atom. The Labute approximate surface area is 352 Å². The highest BCUT2D eigenvalue weighted by Crippen LogP contribution is 2.20. The lowest BCUT2D eigenvalue weighted by atomic mass is 10.0. The number of aromatic nitrogens is 1. The highest BCUT2D eigenvalue weighted by atomic mass is 16.4. The first-order valence-electron chi connectivity index (χ1n) is 20.1. The van der Waals surface area contributed by atoms with Gasteiger partial charge in [-0.3, -0.25) is 43.3 Å². The van der Waals surface area contributed by atoms with Gasteiger partial charge >= 0.3 is 5.97 Å². The number of aliphatic carboxylic acids is 1. The lowest BCUT2D eigenvalue weighted by Crippen LogP contribution is -2.60. The van der Waals surface area contributed by atoms with Crippen molar-refractivity contribution >= 4 is 64.2 Å². The van der Waals surface area contributed by atoms with Gasteiger partial charge < -0.3 is 59.2 Å². The fraction of sp³-hybridized carbons (Fsp3) is 0.439. The topological polar surface area (TPSA) is 335 Å². The number of carboxylic acids is 1. The van der Waals surface area contributed by atoms with Crippen molar-refractivity contribution in [2.45, 2.75) is 107 Å². The first-order valence-corrected chi connectivity index (χ1v) is 20.1. The van der Waals surface area contributed by atoms with Crippen molar-refractivity contribution in [2.75, 3.05) is 6.54 Å². The van der Waals surface area contributed by atoms with Gasteiger partial charge in [-0.05, 0) is 42.9 Å². The minimum Gasteiger partial charge on any atom is -0.481 e. The summed E-state index contributed by atoms with van der Waals surface area (Å²) in [5, 5.41) is 26.0. The maximum Gasteiger partial charge on any atom is 0.305 e. The van der Waals surface area contributed by atoms with Crippen LogP contribution in [-0.4, -0.2) is 106 Å². The van der Waals surface area contributed by atoms with E-state index < -0.39 is 90.0 Å². The number of H-pyrrole nitrogens is 1. The van der Waals surface area contributed by atoms with E-state index in [4.69, 9.17) is 17.2 Å². The highest BCUT2D eigenvalue weighted by molar-refractivity contribution is 5.98. The van der Waals surface area contributed by atoms with Crippen LogP contribution in [0.3, 0.4) is 0 Å². The molecule has 1 aliphatic heterocycles. The Kier molecular flexibility index (Phi) is 17.6. The van der Waals surface area contributed by atoms with Gasteiger partial charge in [0.05, 0.1) is 6.42 Å². The van der Waals surface area contributed by atoms with Crippen molar-refractivity contribution in [3.05, 3.63) is 71.9 Å². The number of fused-ring (bicyclic) bond motifs is 1. The molecular formula is C41H55N11O9. The summed E-state index contributed by atoms with van der Waals surface area (Å²) in [5.41, 5.74) is 18.7. The van der Waals surface area contributed by atoms with Gasteiger partial charge in [0.15, 0.2) is 5.96 Å². The number of hydrogen-bond donors (Lipinski definition) is 11. The average Bonchev–Trinajstić information content (AvgIpc) is 3.63. The fourth-order valence-electron chi connectivity index (χ4n) is 6.81. The zero-order valence-corrected chi connectivity index (χ0v) is 33.9. The SMILES string of the molecule is CCCCC1NC(=O)CCC(C(N)=O)NC(=O)C(Cc2c[nH]c3ccccc23)NC(=O)C(CCCN=C(N)N)NC(=O)C(Cc2ccccc2)NC(=O)C(CC(=O)O)NC1=O. The Hall–Kier alpha value is -6.99. The Bertz CT molecular complexity index is 2070. The van der Waals surface area contributed by atoms with Crippen LogP contribution in [0.2, 0.25) is 0 Å². The van der Waals surface area contributed by atoms with Crippen LogP contribution in [0.25, 0.3) is 10.9 Å². The molecule has 0 radical (unpaired) electrons. The number of rotatable bonds is 14. The first kappa shape index (κ1) is 46.7. The van der Waals surface area contributed by atoms with Crippen molar-refractivity contribution < 1.29 is 43.5 Å². The fourth-order valence-corrected chi connectivity index (χ4v) is 6.81. The van der Waals surface area contributed by atoms with E-state index in [0.29, 0.717) is 24.0 Å². The second-order valence-corrected chi connectivity index (χ2v) is 14.8. The van der Waals surface area contributed by atoms with Gasteiger partial charge in [-0.15, -0.1) is 0 Å². The molecule has 1 aromatic heterocycles. The highest BCUT2D eigenvalue weighted by Gasteiger charge is 2.35. The number of hydrogen-bond acceptors (Lipinski definition) is 9. The van der Waals surface area contributed by atoms with Gasteiger partial charge in [-0.1, -0.05) is 68.3 Å². The standard InChI is InChI=1S/C41H55N11O9/c1-2-3-13-28-36(57)52-32(21-34(54)55)40(61)50-30(19-23-10-5-4-6-11-23)38(59)49-29(15-9-18-45-41(43)44)37(58)51-31(20-24-22-46-26-14-8-7-12-25(24)26)39(60)48-27(35(42)56)16-17-33(53)47-28/h4-8,10-12,14,22,27-32,46H,2-3,9,13,15-21H2,1H3,(H2,42,56)(H,47,53)(H,48,60)(H,49,59)(H,50,61)(H,51,58)(H,52,57)(H,54,55)(H4,43,44,45). The molecule has 1 aliphatic rings. The maximum absolute atomic E-state index is 14.3. The molecule has 61 heavy (non-hydrogen) atoms. The zero-order valence-electron chi connectivity index (χ0n) is 33.9. The number of primary amides is 1. The van der Waals surface area contributed by atoms with Crippen LogP contribution in [-0.2, 0) is 51.2 Å². The molecule has 0 aliphatic carbocycles. The molecule has 14 N–H and O–H groups in total. The summed E-state index contributed by atoms with van der Waals surface area (Å²) in [4.78, 5) is 115. The molecule has 328 valence electrons. The summed E-state index contributed by atoms with van der Waals surface area (Å²) < 4.78 is 0. The van der Waals surface area contributed by atoms with Gasteiger partial charge in [-0.25, -0.2) is 0 Å². The number of carbonyl (C=O) groups is 8. The van der Waals surface area contributed by atoms with Crippen LogP contribution in [0.5, 0.6) is 0 Å². The molecule has 0 bridgehead atoms. The van der Waals surface area contributed by atoms with E-state index in [-0.39, 0.29) is 57.5 Å². The summed E-state index contributed by atoms with van der Waals surface area (Å²) in [6.07, 6.45) is 1.22. The molecule has 4 rings (SSSR count). The molecule has 2 aromatic carbocycles. The van der Waals surface area contributed by atoms with Gasteiger partial charge in [-0.2, -0.15) is 0 Å². The normalized spacial score (nSPS) is 22.4. The Balaban J connectivity index is 1.79. The molecule has 7 amide bonds. The third-order valence-electron chi connectivity index (χ3n) is 10.1. The monoisotopic (exact) mass is 845 g/mol. The van der Waals surface area contributed by atoms with E-state index in [1.165, 1.54) is 0 Å². The van der Waals surface area contributed by atoms with Gasteiger partial charge in [0, 0.05) is 42.9 Å². The number of para-hydroxylation sites is 1. The van der Waals surface area contributed by atoms with E-state index in [1.54, 1.807) is 42.6 Å². The number of aromatic amines is 1. The van der Waals surface area contributed by atoms with Crippen LogP contribution in [0.4, 0.5) is 0 Å². The van der Waals surface area contributed by atoms with Crippen molar-refractivity contribution in [2.24, 2.45) is 22.2 Å². The molecule has 0 spiro atoms. The Morgan fingerprint density at radius 2 is 1.25 bits per heavy atom. The second-order valence-electron chi connectivity index (χ2n) is 14.8. The number of aliphatic imine (C=N–C) groups is 1. The average molecular weight is 846 g/mol. The molecule has 1 fully saturated rings. The van der Waals surface area contributed by atoms with E-state index >= 15 is 0 Å². The summed E-state index contributed by atoms with van der Waals surface area (Å²) in [7, 11) is 0. The number of amides is 7. The number of unbranched alkanes of at least 4 members (excludes halogenated alkanes) is 1. The molecule has 3 aromatic rings. The third-order valence-corrected chi connectivity index (χ3v) is 10.1. The predicted molar refractivity (Wildman–Crippen MR) is 224 cm³/mol. The first-order chi connectivity index (χ1) is 29.1. The van der Waals surface area contributed by atoms with Crippen molar-refractivity contribution in [3.8, 4) is 0 Å². The number of carboxylic acid groups (broad SMARTS) is 1. The number of guanidine groups is 1. The molecule has 20 heteroatoms. The smallest absolute Gasteiger partial charge is 0.305 e. The number of nitrogens with zero attached hydrogens (tertiary/aromatic N) is 1. The minimum atomic E-state index is -1.69. The lowest BCUT2D eigenvalue weighted by Gasteiger charge is -2.28. The molecule has 0 saturated carbocycles. The largest absolute Gasteiger partial charge is 0.481 e. The van der Waals surface area contributed by atoms with Gasteiger partial charge in [0.2, 0.25) is 41.4 Å². The summed E-state index contributed by atoms with van der Waals surface area (Å²) in [6.45, 7) is 1.92. The lowest BCUT2D eigenvalue weighted by molar-refractivity contribution is -0.141. The van der Waals surface area contributed by atoms with Crippen LogP contribution in [0.15, 0.2) is 65.8 Å². The molecule has 6 atom stereocenters. The molecule has 20 nitrogen and oxygen atoms in total. The van der Waals surface area contributed by atoms with E-state index in [2.05, 4.69) is 41.9 Å². The van der Waals surface area contributed by atoms with Crippen LogP contribution >= 0.6 is 0 Å². The molecular weight excluding hydrogens is 791 g/mol. The van der Waals surface area contributed by atoms with Crippen LogP contribution in [0.1, 0.15) is 69.4 Å². The van der Waals surface area contributed by atoms with Gasteiger partial charge in [0.1, 0.15) is 36.3 Å². The number of benzene rings is 2. The van der Waals surface area contributed by atoms with Gasteiger partial charge in [0.25, 0.3) is 0 Å². The molecule has 6 unspecified atom stereocenters. The summed E-state index contributed by atoms with van der Waals surface area (Å²) in [5.74, 6) is -7.68. The second kappa shape index (κ2) is 23.0. The zero-order chi connectivity index (χ0) is 44.5. The third kappa shape index (κ3) is 14.7. The van der Waals surface area contributed by atoms with E-state index in [0.717, 1.165) is 10.9 Å². The maximum atomic E-state index is 14.3. The molecule has 2 heterocycles. The molecule has 1 saturated heterocycles. The Morgan fingerprint density at radius 3 is 1.90 bits per heavy atom. The van der Waals surface area contributed by atoms with Crippen molar-refractivity contribution in [3.63, 3.8) is 0 Å². The quantitative estimate of drug-likeness (QED) is 0.0523. The number of nitrogens with two attached hydrogens (primary N) is 3. The minimum absolute atomic E-state index is 0.0579. The van der Waals surface area contributed by atoms with E-state index in [1.807, 2.05) is 25.1 Å². The predicted octanol–water partition coefficient (Wildman–Crippen LogP) is -1.14. The number of nitrogens with one attached hydrogen (secondary N) is 7. The summed E-state index contributed by atoms with van der Waals surface area (Å²) >= 11 is 0. The van der Waals surface area contributed by atoms with Crippen LogP contribution < -0.4 is 49.1 Å². The van der Waals surface area contributed by atoms with Crippen molar-refractivity contribution in [1.29, 1.82) is 0 Å². The van der Waals surface area contributed by atoms with Crippen molar-refractivity contribution in [1.82, 2.24) is 36.9 Å². The van der Waals surface area contributed by atoms with E-state index in [9.17, 15) is 43.5 Å². The summed E-state index contributed by atoms with van der Waals surface area (Å²) in [6, 6.07) is 7.37.